The number of hydrogen-bond acceptors (Lipinski definition) is 6. The lowest BCUT2D eigenvalue weighted by molar-refractivity contribution is -0.137. The van der Waals surface area contributed by atoms with Crippen molar-refractivity contribution in [2.45, 2.75) is 44.9 Å². The summed E-state index contributed by atoms with van der Waals surface area (Å²) in [7, 11) is 0. The molecule has 0 aliphatic heterocycles. The van der Waals surface area contributed by atoms with Crippen molar-refractivity contribution in [2.24, 2.45) is 0 Å². The van der Waals surface area contributed by atoms with Gasteiger partial charge in [-0.2, -0.15) is 13.2 Å². The molecule has 1 aromatic carbocycles. The van der Waals surface area contributed by atoms with Crippen molar-refractivity contribution in [3.63, 3.8) is 0 Å². The lowest BCUT2D eigenvalue weighted by Crippen LogP contribution is -2.37. The van der Waals surface area contributed by atoms with Gasteiger partial charge in [0.2, 0.25) is 11.6 Å². The fraction of sp³-hybridized carbons (Fsp3) is 0.333. The Hall–Kier alpha value is -4.03. The second-order valence-corrected chi connectivity index (χ2v) is 8.45. The molecule has 0 saturated heterocycles. The van der Waals surface area contributed by atoms with E-state index in [1.165, 1.54) is 33.6 Å². The van der Waals surface area contributed by atoms with E-state index >= 15 is 0 Å². The highest BCUT2D eigenvalue weighted by Gasteiger charge is 2.31. The normalized spacial score (nSPS) is 13.2. The van der Waals surface area contributed by atoms with E-state index in [9.17, 15) is 22.8 Å². The summed E-state index contributed by atoms with van der Waals surface area (Å²) >= 11 is 0. The first kappa shape index (κ1) is 23.1. The van der Waals surface area contributed by atoms with Crippen LogP contribution < -0.4 is 10.9 Å². The molecule has 2 N–H and O–H groups in total. The van der Waals surface area contributed by atoms with E-state index in [0.29, 0.717) is 5.82 Å². The number of amides is 1. The highest BCUT2D eigenvalue weighted by Crippen LogP contribution is 2.32. The Morgan fingerprint density at radius 1 is 1.21 bits per heavy atom. The maximum atomic E-state index is 13.0. The van der Waals surface area contributed by atoms with Gasteiger partial charge in [-0.05, 0) is 32.9 Å². The average Bonchev–Trinajstić information content (AvgIpc) is 3.42. The number of benzene rings is 1. The van der Waals surface area contributed by atoms with Crippen LogP contribution in [0.4, 0.5) is 13.2 Å². The number of aromatic nitrogens is 7. The summed E-state index contributed by atoms with van der Waals surface area (Å²) < 4.78 is 42.0. The Bertz CT molecular complexity index is 1400. The molecule has 3 heterocycles. The van der Waals surface area contributed by atoms with Crippen molar-refractivity contribution in [2.75, 3.05) is 0 Å². The molecule has 0 fully saturated rings. The van der Waals surface area contributed by atoms with Gasteiger partial charge in [0, 0.05) is 18.0 Å². The lowest BCUT2D eigenvalue weighted by atomic mass is 10.00. The van der Waals surface area contributed by atoms with Crippen LogP contribution in [-0.4, -0.2) is 40.5 Å². The van der Waals surface area contributed by atoms with Crippen LogP contribution in [0, 0.1) is 0 Å². The van der Waals surface area contributed by atoms with Gasteiger partial charge in [-0.1, -0.05) is 17.3 Å². The number of nitrogens with one attached hydrogen (secondary N) is 2. The number of aromatic amines is 1. The molecule has 4 rings (SSSR count). The molecule has 13 heteroatoms. The number of fused-ring (bicyclic) bond motifs is 1. The summed E-state index contributed by atoms with van der Waals surface area (Å²) in [6.07, 6.45) is 0.0732. The topological polar surface area (TPSA) is 123 Å². The average molecular weight is 474 g/mol. The number of nitrogens with zero attached hydrogens (tertiary/aromatic N) is 6. The Kier molecular flexibility index (Phi) is 5.71. The maximum absolute atomic E-state index is 13.0. The van der Waals surface area contributed by atoms with Crippen LogP contribution in [0.1, 0.15) is 44.6 Å². The minimum absolute atomic E-state index is 0.0000501. The third-order valence-corrected chi connectivity index (χ3v) is 5.32. The fourth-order valence-corrected chi connectivity index (χ4v) is 3.53. The number of carbonyl (C=O) groups is 1. The standard InChI is InChI=1S/C21H21F3N8O2/c1-12(17-28-29-18-19(34)25-7-8-31(17)18)26-16(33)10-20(2,3)32-11-15(27-30-32)13-5-4-6-14(9-13)21(22,23)24/h4-9,11-12H,10H2,1-3H3,(H,25,34)(H,26,33). The molecule has 10 nitrogen and oxygen atoms in total. The quantitative estimate of drug-likeness (QED) is 0.443. The second-order valence-electron chi connectivity index (χ2n) is 8.45. The van der Waals surface area contributed by atoms with Gasteiger partial charge in [0.05, 0.1) is 29.8 Å². The van der Waals surface area contributed by atoms with E-state index in [2.05, 4.69) is 30.8 Å². The number of H-pyrrole nitrogens is 1. The van der Waals surface area contributed by atoms with Crippen LogP contribution in [0.5, 0.6) is 0 Å². The zero-order chi connectivity index (χ0) is 24.7. The van der Waals surface area contributed by atoms with Crippen LogP contribution in [-0.2, 0) is 16.5 Å². The molecule has 4 aromatic rings. The zero-order valence-electron chi connectivity index (χ0n) is 18.5. The van der Waals surface area contributed by atoms with Crippen molar-refractivity contribution in [3.05, 3.63) is 64.6 Å². The summed E-state index contributed by atoms with van der Waals surface area (Å²) in [6.45, 7) is 5.23. The highest BCUT2D eigenvalue weighted by atomic mass is 19.4. The summed E-state index contributed by atoms with van der Waals surface area (Å²) in [6, 6.07) is 4.26. The van der Waals surface area contributed by atoms with Crippen molar-refractivity contribution in [1.82, 2.24) is 39.9 Å². The van der Waals surface area contributed by atoms with E-state index in [-0.39, 0.29) is 29.2 Å². The third kappa shape index (κ3) is 4.54. The molecule has 0 spiro atoms. The Labute approximate surface area is 190 Å². The number of halogens is 3. The molecule has 0 bridgehead atoms. The maximum Gasteiger partial charge on any atom is 0.416 e. The molecular formula is C21H21F3N8O2. The molecule has 0 saturated carbocycles. The minimum Gasteiger partial charge on any atom is -0.346 e. The van der Waals surface area contributed by atoms with E-state index < -0.39 is 28.9 Å². The van der Waals surface area contributed by atoms with Crippen molar-refractivity contribution < 1.29 is 18.0 Å². The Balaban J connectivity index is 1.48. The van der Waals surface area contributed by atoms with E-state index in [1.807, 2.05) is 0 Å². The van der Waals surface area contributed by atoms with E-state index in [4.69, 9.17) is 0 Å². The number of alkyl halides is 3. The van der Waals surface area contributed by atoms with Gasteiger partial charge in [0.15, 0.2) is 5.82 Å². The summed E-state index contributed by atoms with van der Waals surface area (Å²) in [5, 5.41) is 18.7. The first-order valence-electron chi connectivity index (χ1n) is 10.3. The first-order valence-corrected chi connectivity index (χ1v) is 10.3. The number of hydrogen-bond donors (Lipinski definition) is 2. The molecule has 3 aromatic heterocycles. The van der Waals surface area contributed by atoms with E-state index in [1.54, 1.807) is 27.0 Å². The van der Waals surface area contributed by atoms with Gasteiger partial charge in [-0.15, -0.1) is 15.3 Å². The van der Waals surface area contributed by atoms with Crippen LogP contribution >= 0.6 is 0 Å². The van der Waals surface area contributed by atoms with Gasteiger partial charge in [0.25, 0.3) is 5.56 Å². The fourth-order valence-electron chi connectivity index (χ4n) is 3.53. The van der Waals surface area contributed by atoms with Gasteiger partial charge in [0.1, 0.15) is 5.69 Å². The smallest absolute Gasteiger partial charge is 0.346 e. The van der Waals surface area contributed by atoms with E-state index in [0.717, 1.165) is 12.1 Å². The molecular weight excluding hydrogens is 453 g/mol. The predicted octanol–water partition coefficient (Wildman–Crippen LogP) is 2.70. The third-order valence-electron chi connectivity index (χ3n) is 5.32. The summed E-state index contributed by atoms with van der Waals surface area (Å²) in [4.78, 5) is 27.1. The minimum atomic E-state index is -4.47. The molecule has 0 aliphatic rings. The first-order chi connectivity index (χ1) is 16.0. The molecule has 1 amide bonds. The molecule has 1 atom stereocenters. The van der Waals surface area contributed by atoms with Crippen LogP contribution in [0.15, 0.2) is 47.7 Å². The van der Waals surface area contributed by atoms with Crippen LogP contribution in [0.3, 0.4) is 0 Å². The largest absolute Gasteiger partial charge is 0.416 e. The summed E-state index contributed by atoms with van der Waals surface area (Å²) in [5.74, 6) is 0.0649. The molecule has 0 aliphatic carbocycles. The molecule has 34 heavy (non-hydrogen) atoms. The number of rotatable bonds is 6. The Morgan fingerprint density at radius 3 is 2.71 bits per heavy atom. The monoisotopic (exact) mass is 474 g/mol. The van der Waals surface area contributed by atoms with Gasteiger partial charge < -0.3 is 10.3 Å². The second kappa shape index (κ2) is 8.39. The van der Waals surface area contributed by atoms with Crippen LogP contribution in [0.2, 0.25) is 0 Å². The predicted molar refractivity (Wildman–Crippen MR) is 115 cm³/mol. The molecule has 178 valence electrons. The van der Waals surface area contributed by atoms with Gasteiger partial charge in [-0.25, -0.2) is 4.68 Å². The van der Waals surface area contributed by atoms with Gasteiger partial charge >= 0.3 is 6.18 Å². The van der Waals surface area contributed by atoms with Crippen LogP contribution in [0.25, 0.3) is 16.9 Å². The van der Waals surface area contributed by atoms with Crippen molar-refractivity contribution >= 4 is 11.6 Å². The van der Waals surface area contributed by atoms with Crippen molar-refractivity contribution in [1.29, 1.82) is 0 Å². The Morgan fingerprint density at radius 2 is 1.97 bits per heavy atom. The molecule has 1 unspecified atom stereocenters. The number of carbonyl (C=O) groups excluding carboxylic acids is 1. The lowest BCUT2D eigenvalue weighted by Gasteiger charge is -2.24. The van der Waals surface area contributed by atoms with Gasteiger partial charge in [-0.3, -0.25) is 14.0 Å². The molecule has 0 radical (unpaired) electrons. The highest BCUT2D eigenvalue weighted by molar-refractivity contribution is 5.77. The summed E-state index contributed by atoms with van der Waals surface area (Å²) in [5.41, 5.74) is -1.37. The van der Waals surface area contributed by atoms with Crippen molar-refractivity contribution in [3.8, 4) is 11.3 Å². The zero-order valence-corrected chi connectivity index (χ0v) is 18.5. The SMILES string of the molecule is CC(NC(=O)CC(C)(C)n1cc(-c2cccc(C(F)(F)F)c2)nn1)c1nnc2c(=O)[nH]ccn12.